The van der Waals surface area contributed by atoms with Crippen LogP contribution < -0.4 is 0 Å². The molecule has 0 radical (unpaired) electrons. The summed E-state index contributed by atoms with van der Waals surface area (Å²) in [5, 5.41) is 0. The van der Waals surface area contributed by atoms with Gasteiger partial charge >= 0.3 is 23.9 Å². The molecule has 4 aliphatic rings. The van der Waals surface area contributed by atoms with Crippen molar-refractivity contribution in [2.45, 2.75) is 134 Å². The van der Waals surface area contributed by atoms with Crippen LogP contribution in [0.2, 0.25) is 0 Å². The van der Waals surface area contributed by atoms with E-state index in [2.05, 4.69) is 51.3 Å². The molecule has 14 heteroatoms. The number of carbonyl (C=O) groups is 4. The highest BCUT2D eigenvalue weighted by Crippen LogP contribution is 2.67. The molecule has 2 heterocycles. The second kappa shape index (κ2) is 25.6. The predicted octanol–water partition coefficient (Wildman–Crippen LogP) is 12.8. The van der Waals surface area contributed by atoms with E-state index in [1.54, 1.807) is 38.1 Å². The molecule has 2 aromatic rings. The number of hydrogen-bond acceptors (Lipinski definition) is 14. The number of fused-ring (bicyclic) bond motifs is 4. The molecule has 2 saturated heterocycles. The summed E-state index contributed by atoms with van der Waals surface area (Å²) in [7, 11) is 0. The average molecular weight is 1010 g/mol. The summed E-state index contributed by atoms with van der Waals surface area (Å²) in [5.41, 5.74) is 3.80. The van der Waals surface area contributed by atoms with Crippen LogP contribution in [0.25, 0.3) is 0 Å². The van der Waals surface area contributed by atoms with Crippen LogP contribution in [0.5, 0.6) is 0 Å². The third kappa shape index (κ3) is 14.6. The largest absolute Gasteiger partial charge is 0.459 e. The summed E-state index contributed by atoms with van der Waals surface area (Å²) < 4.78 is 33.3. The number of carbonyl (C=O) groups excluding carboxylic acids is 4. The van der Waals surface area contributed by atoms with Crippen molar-refractivity contribution in [2.75, 3.05) is 39.6 Å². The van der Waals surface area contributed by atoms with Crippen molar-refractivity contribution in [3.8, 4) is 0 Å². The van der Waals surface area contributed by atoms with E-state index in [-0.39, 0.29) is 44.5 Å². The molecule has 2 fully saturated rings. The Labute approximate surface area is 421 Å². The van der Waals surface area contributed by atoms with Gasteiger partial charge in [0.05, 0.1) is 11.1 Å². The molecule has 370 valence electrons. The van der Waals surface area contributed by atoms with Crippen LogP contribution in [0.1, 0.15) is 137 Å². The maximum absolute atomic E-state index is 12.5. The Morgan fingerprint density at radius 2 is 0.912 bits per heavy atom. The lowest BCUT2D eigenvalue weighted by Gasteiger charge is -2.36. The highest BCUT2D eigenvalue weighted by atomic mass is 32.2. The fourth-order valence-electron chi connectivity index (χ4n) is 9.16. The van der Waals surface area contributed by atoms with Crippen LogP contribution in [0, 0.1) is 11.8 Å². The molecule has 2 aliphatic carbocycles. The summed E-state index contributed by atoms with van der Waals surface area (Å²) in [6.45, 7) is 15.7. The van der Waals surface area contributed by atoms with E-state index in [0.717, 1.165) is 35.5 Å². The third-order valence-electron chi connectivity index (χ3n) is 12.7. The van der Waals surface area contributed by atoms with Gasteiger partial charge in [0.15, 0.2) is 8.53 Å². The van der Waals surface area contributed by atoms with Crippen molar-refractivity contribution < 1.29 is 47.6 Å². The standard InChI is InChI=1S/C54H70O10S4/c1-7-63-53(65-37-41-17-21-43(22-18-41)49(57)61-33-31-59-47(55)39(3)4)45-25-29-51(35-45,67-53)27-15-13-11-9-10-12-14-16-28-52-30-26-46(36-52)54(68-52,64-8-2)66-38-42-19-23-44(24-20-42)50(58)62-34-32-60-48(56)40(5)6/h17-26,29-30,45-46H,3,5,7-16,27-28,31-38H2,1-2,4,6H3. The highest BCUT2D eigenvalue weighted by molar-refractivity contribution is 8.19. The lowest BCUT2D eigenvalue weighted by atomic mass is 9.95. The van der Waals surface area contributed by atoms with Gasteiger partial charge in [-0.05, 0) is 88.8 Å². The van der Waals surface area contributed by atoms with Crippen molar-refractivity contribution >= 4 is 70.9 Å². The van der Waals surface area contributed by atoms with Crippen LogP contribution in [-0.2, 0) is 49.5 Å². The topological polar surface area (TPSA) is 124 Å². The fourth-order valence-corrected chi connectivity index (χ4v) is 16.7. The Bertz CT molecular complexity index is 1970. The molecule has 0 saturated carbocycles. The van der Waals surface area contributed by atoms with Gasteiger partial charge < -0.3 is 28.4 Å². The predicted molar refractivity (Wildman–Crippen MR) is 278 cm³/mol. The molecule has 2 aromatic carbocycles. The Hall–Kier alpha value is -3.40. The van der Waals surface area contributed by atoms with Gasteiger partial charge in [0.1, 0.15) is 26.4 Å². The van der Waals surface area contributed by atoms with Gasteiger partial charge in [0.25, 0.3) is 0 Å². The van der Waals surface area contributed by atoms with E-state index < -0.39 is 23.9 Å². The van der Waals surface area contributed by atoms with Gasteiger partial charge in [0, 0.05) is 57.2 Å². The van der Waals surface area contributed by atoms with E-state index in [9.17, 15) is 19.2 Å². The van der Waals surface area contributed by atoms with Gasteiger partial charge in [-0.1, -0.05) is 113 Å². The van der Waals surface area contributed by atoms with Gasteiger partial charge in [-0.25, -0.2) is 19.2 Å². The second-order valence-electron chi connectivity index (χ2n) is 18.2. The van der Waals surface area contributed by atoms with Gasteiger partial charge in [-0.15, -0.1) is 47.0 Å². The van der Waals surface area contributed by atoms with Crippen LogP contribution in [-0.4, -0.2) is 81.5 Å². The van der Waals surface area contributed by atoms with Crippen LogP contribution in [0.3, 0.4) is 0 Å². The maximum atomic E-state index is 12.5. The van der Waals surface area contributed by atoms with Gasteiger partial charge in [0.2, 0.25) is 0 Å². The number of thioether (sulfide) groups is 4. The van der Waals surface area contributed by atoms with Crippen LogP contribution >= 0.6 is 47.0 Å². The minimum atomic E-state index is -0.498. The summed E-state index contributed by atoms with van der Waals surface area (Å²) >= 11 is 7.77. The molecule has 0 amide bonds. The maximum Gasteiger partial charge on any atom is 0.338 e. The molecular formula is C54H70O10S4. The average Bonchev–Trinajstić information content (AvgIpc) is 4.10. The fraction of sp³-hybridized carbons (Fsp3) is 0.556. The zero-order valence-corrected chi connectivity index (χ0v) is 43.6. The summed E-state index contributed by atoms with van der Waals surface area (Å²) in [5.74, 6) is 0.426. The molecule has 6 rings (SSSR count). The second-order valence-corrected chi connectivity index (χ2v) is 24.3. The Kier molecular flexibility index (Phi) is 20.3. The number of rotatable bonds is 31. The molecule has 68 heavy (non-hydrogen) atoms. The molecule has 0 aromatic heterocycles. The number of unbranched alkanes of at least 4 members (excludes halogenated alkanes) is 7. The smallest absolute Gasteiger partial charge is 0.338 e. The lowest BCUT2D eigenvalue weighted by molar-refractivity contribution is -0.140. The van der Waals surface area contributed by atoms with E-state index in [1.165, 1.54) is 64.2 Å². The van der Waals surface area contributed by atoms with Gasteiger partial charge in [-0.2, -0.15) is 0 Å². The monoisotopic (exact) mass is 1010 g/mol. The van der Waals surface area contributed by atoms with Crippen LogP contribution in [0.15, 0.2) is 97.1 Å². The van der Waals surface area contributed by atoms with Crippen molar-refractivity contribution in [3.63, 3.8) is 0 Å². The van der Waals surface area contributed by atoms with Crippen molar-refractivity contribution in [2.24, 2.45) is 11.8 Å². The number of esters is 4. The Morgan fingerprint density at radius 3 is 1.26 bits per heavy atom. The minimum absolute atomic E-state index is 0.00620. The first-order chi connectivity index (χ1) is 32.7. The number of hydrogen-bond donors (Lipinski definition) is 0. The van der Waals surface area contributed by atoms with Crippen molar-refractivity contribution in [1.82, 2.24) is 0 Å². The van der Waals surface area contributed by atoms with Crippen LogP contribution in [0.4, 0.5) is 0 Å². The van der Waals surface area contributed by atoms with Crippen molar-refractivity contribution in [1.29, 1.82) is 0 Å². The summed E-state index contributed by atoms with van der Waals surface area (Å²) in [6.07, 6.45) is 24.5. The Morgan fingerprint density at radius 1 is 0.559 bits per heavy atom. The van der Waals surface area contributed by atoms with E-state index in [0.29, 0.717) is 47.3 Å². The zero-order chi connectivity index (χ0) is 48.6. The minimum Gasteiger partial charge on any atom is -0.459 e. The first-order valence-corrected chi connectivity index (χ1v) is 27.9. The lowest BCUT2D eigenvalue weighted by Crippen LogP contribution is -2.31. The molecule has 4 bridgehead atoms. The van der Waals surface area contributed by atoms with E-state index in [1.807, 2.05) is 71.3 Å². The quantitative estimate of drug-likeness (QED) is 0.0178. The SMILES string of the molecule is C=C(C)C(=O)OCCOC(=O)c1ccc(CSC2(OCC)SC3(CCCCCCCCCCC45C=CC(C4)C(OCC)(SCc4ccc(C(=O)OCCOC(=O)C(=C)C)cc4)S5)C=CC2C3)cc1. The highest BCUT2D eigenvalue weighted by Gasteiger charge is 2.59. The molecule has 0 N–H and O–H groups in total. The Balaban J connectivity index is 0.840. The molecule has 2 aliphatic heterocycles. The molecule has 0 spiro atoms. The summed E-state index contributed by atoms with van der Waals surface area (Å²) in [6, 6.07) is 15.1. The number of ether oxygens (including phenoxy) is 6. The molecule has 6 unspecified atom stereocenters. The molecule has 10 nitrogen and oxygen atoms in total. The normalized spacial score (nSPS) is 25.1. The zero-order valence-electron chi connectivity index (χ0n) is 40.4. The number of benzene rings is 2. The third-order valence-corrected chi connectivity index (χ3v) is 19.7. The molecular weight excluding hydrogens is 937 g/mol. The first-order valence-electron chi connectivity index (χ1n) is 24.3. The summed E-state index contributed by atoms with van der Waals surface area (Å²) in [4.78, 5) is 48.1. The van der Waals surface area contributed by atoms with E-state index >= 15 is 0 Å². The first kappa shape index (κ1) is 53.9. The molecule has 6 atom stereocenters. The van der Waals surface area contributed by atoms with E-state index in [4.69, 9.17) is 28.4 Å². The van der Waals surface area contributed by atoms with Gasteiger partial charge in [-0.3, -0.25) is 0 Å². The van der Waals surface area contributed by atoms with Crippen molar-refractivity contribution in [3.05, 3.63) is 119 Å².